The van der Waals surface area contributed by atoms with Crippen LogP contribution in [-0.4, -0.2) is 75.6 Å². The zero-order chi connectivity index (χ0) is 26.4. The smallest absolute Gasteiger partial charge is 0.275 e. The van der Waals surface area contributed by atoms with Gasteiger partial charge in [0.2, 0.25) is 0 Å². The van der Waals surface area contributed by atoms with Crippen molar-refractivity contribution in [2.24, 2.45) is 5.92 Å². The first-order chi connectivity index (χ1) is 17.9. The molecule has 2 amide bonds. The van der Waals surface area contributed by atoms with Crippen molar-refractivity contribution in [1.29, 1.82) is 0 Å². The summed E-state index contributed by atoms with van der Waals surface area (Å²) >= 11 is 0. The van der Waals surface area contributed by atoms with Crippen molar-refractivity contribution in [3.63, 3.8) is 0 Å². The first-order valence-electron chi connectivity index (χ1n) is 12.4. The van der Waals surface area contributed by atoms with E-state index in [1.807, 2.05) is 39.1 Å². The topological polar surface area (TPSA) is 108 Å². The van der Waals surface area contributed by atoms with E-state index >= 15 is 0 Å². The Hall–Kier alpha value is -3.82. The molecule has 1 aliphatic heterocycles. The maximum absolute atomic E-state index is 13.6. The zero-order valence-electron chi connectivity index (χ0n) is 21.4. The Bertz CT molecular complexity index is 1210. The number of hydrogen-bond donors (Lipinski definition) is 2. The number of para-hydroxylation sites is 1. The van der Waals surface area contributed by atoms with Crippen LogP contribution in [0.25, 0.3) is 0 Å². The van der Waals surface area contributed by atoms with E-state index in [-0.39, 0.29) is 36.3 Å². The Labute approximate surface area is 217 Å². The lowest BCUT2D eigenvalue weighted by Gasteiger charge is -2.38. The van der Waals surface area contributed by atoms with E-state index in [1.165, 1.54) is 24.2 Å². The molecular formula is C28H33N5O4. The molecular weight excluding hydrogens is 470 g/mol. The van der Waals surface area contributed by atoms with Crippen LogP contribution in [0.15, 0.2) is 67.1 Å². The average molecular weight is 504 g/mol. The van der Waals surface area contributed by atoms with E-state index < -0.39 is 5.91 Å². The molecule has 2 heterocycles. The number of hydrogen-bond acceptors (Lipinski definition) is 7. The van der Waals surface area contributed by atoms with Crippen LogP contribution >= 0.6 is 0 Å². The van der Waals surface area contributed by atoms with Crippen molar-refractivity contribution in [2.45, 2.75) is 32.5 Å². The summed E-state index contributed by atoms with van der Waals surface area (Å²) in [5.41, 5.74) is 2.05. The van der Waals surface area contributed by atoms with Crippen LogP contribution in [0.4, 0.5) is 5.69 Å². The maximum atomic E-state index is 13.6. The molecule has 37 heavy (non-hydrogen) atoms. The molecule has 0 spiro atoms. The molecule has 2 N–H and O–H groups in total. The summed E-state index contributed by atoms with van der Waals surface area (Å²) in [6.45, 7) is 5.47. The highest BCUT2D eigenvalue weighted by Crippen LogP contribution is 2.35. The van der Waals surface area contributed by atoms with Crippen molar-refractivity contribution < 1.29 is 19.4 Å². The van der Waals surface area contributed by atoms with Crippen LogP contribution in [0.1, 0.15) is 40.3 Å². The van der Waals surface area contributed by atoms with Gasteiger partial charge in [-0.1, -0.05) is 43.3 Å². The Kier molecular flexibility index (Phi) is 8.47. The number of likely N-dealkylation sites (N-methyl/N-ethyl adjacent to an activating group) is 1. The summed E-state index contributed by atoms with van der Waals surface area (Å²) < 4.78 is 6.56. The van der Waals surface area contributed by atoms with Gasteiger partial charge in [-0.2, -0.15) is 0 Å². The average Bonchev–Trinajstić information content (AvgIpc) is 2.91. The number of anilines is 1. The number of aliphatic hydroxyl groups excluding tert-OH is 1. The van der Waals surface area contributed by atoms with Crippen LogP contribution in [0.2, 0.25) is 0 Å². The van der Waals surface area contributed by atoms with E-state index in [9.17, 15) is 14.7 Å². The van der Waals surface area contributed by atoms with E-state index in [4.69, 9.17) is 4.74 Å². The standard InChI is InChI=1S/C28H33N5O4/c1-19-15-33(20(2)18-34)28(36)22-10-7-11-23(31-27(35)24-14-29-12-13-30-24)26(22)37-25(19)17-32(3)16-21-8-5-4-6-9-21/h4-14,19-20,25,34H,15-18H2,1-3H3,(H,31,35)/t19-,20-,25-/m0/s1. The molecule has 0 aliphatic carbocycles. The van der Waals surface area contributed by atoms with E-state index in [2.05, 4.69) is 32.3 Å². The summed E-state index contributed by atoms with van der Waals surface area (Å²) in [4.78, 5) is 38.4. The molecule has 3 atom stereocenters. The molecule has 4 rings (SSSR count). The van der Waals surface area contributed by atoms with E-state index in [1.54, 1.807) is 23.1 Å². The fraction of sp³-hybridized carbons (Fsp3) is 0.357. The maximum Gasteiger partial charge on any atom is 0.275 e. The number of nitrogens with one attached hydrogen (secondary N) is 1. The fourth-order valence-corrected chi connectivity index (χ4v) is 4.43. The molecule has 0 bridgehead atoms. The SMILES string of the molecule is C[C@H]1CN([C@@H](C)CO)C(=O)c2cccc(NC(=O)c3cnccn3)c2O[C@H]1CN(C)Cc1ccccc1. The van der Waals surface area contributed by atoms with Gasteiger partial charge >= 0.3 is 0 Å². The van der Waals surface area contributed by atoms with E-state index in [0.29, 0.717) is 30.1 Å². The van der Waals surface area contributed by atoms with Gasteiger partial charge < -0.3 is 20.1 Å². The molecule has 0 fully saturated rings. The van der Waals surface area contributed by atoms with Crippen LogP contribution in [0, 0.1) is 5.92 Å². The van der Waals surface area contributed by atoms with Crippen LogP contribution < -0.4 is 10.1 Å². The van der Waals surface area contributed by atoms with Gasteiger partial charge in [-0.05, 0) is 31.7 Å². The minimum absolute atomic E-state index is 0.0481. The van der Waals surface area contributed by atoms with Gasteiger partial charge in [-0.25, -0.2) is 4.98 Å². The lowest BCUT2D eigenvalue weighted by Crippen LogP contribution is -2.49. The highest BCUT2D eigenvalue weighted by Gasteiger charge is 2.34. The minimum atomic E-state index is -0.453. The monoisotopic (exact) mass is 503 g/mol. The van der Waals surface area contributed by atoms with Gasteiger partial charge in [0.05, 0.1) is 30.1 Å². The van der Waals surface area contributed by atoms with Gasteiger partial charge in [0.1, 0.15) is 11.8 Å². The van der Waals surface area contributed by atoms with Gasteiger partial charge in [0.15, 0.2) is 5.75 Å². The lowest BCUT2D eigenvalue weighted by molar-refractivity contribution is 0.0343. The number of carbonyl (C=O) groups is 2. The van der Waals surface area contributed by atoms with Gasteiger partial charge in [-0.3, -0.25) is 19.5 Å². The molecule has 1 aromatic heterocycles. The number of carbonyl (C=O) groups excluding carboxylic acids is 2. The zero-order valence-corrected chi connectivity index (χ0v) is 21.4. The second-order valence-corrected chi connectivity index (χ2v) is 9.53. The Balaban J connectivity index is 1.67. The number of nitrogens with zero attached hydrogens (tertiary/aromatic N) is 4. The number of aliphatic hydroxyl groups is 1. The quantitative estimate of drug-likeness (QED) is 0.486. The molecule has 0 saturated carbocycles. The number of fused-ring (bicyclic) bond motifs is 1. The van der Waals surface area contributed by atoms with Crippen LogP contribution in [0.5, 0.6) is 5.75 Å². The third kappa shape index (κ3) is 6.31. The largest absolute Gasteiger partial charge is 0.486 e. The second kappa shape index (κ2) is 11.9. The Morgan fingerprint density at radius 2 is 2.00 bits per heavy atom. The predicted molar refractivity (Wildman–Crippen MR) is 140 cm³/mol. The number of ether oxygens (including phenoxy) is 1. The van der Waals surface area contributed by atoms with Crippen molar-refractivity contribution in [3.8, 4) is 5.75 Å². The molecule has 0 radical (unpaired) electrons. The molecule has 3 aromatic rings. The number of rotatable bonds is 8. The third-order valence-electron chi connectivity index (χ3n) is 6.52. The van der Waals surface area contributed by atoms with Gasteiger partial charge in [-0.15, -0.1) is 0 Å². The molecule has 194 valence electrons. The molecule has 0 saturated heterocycles. The van der Waals surface area contributed by atoms with Crippen molar-refractivity contribution in [3.05, 3.63) is 83.9 Å². The summed E-state index contributed by atoms with van der Waals surface area (Å²) in [5, 5.41) is 12.7. The highest BCUT2D eigenvalue weighted by atomic mass is 16.5. The summed E-state index contributed by atoms with van der Waals surface area (Å²) in [5.74, 6) is -0.446. The van der Waals surface area contributed by atoms with E-state index in [0.717, 1.165) is 6.54 Å². The lowest BCUT2D eigenvalue weighted by atomic mass is 9.98. The Morgan fingerprint density at radius 1 is 1.22 bits per heavy atom. The van der Waals surface area contributed by atoms with Crippen molar-refractivity contribution in [1.82, 2.24) is 19.8 Å². The fourth-order valence-electron chi connectivity index (χ4n) is 4.43. The van der Waals surface area contributed by atoms with Crippen molar-refractivity contribution >= 4 is 17.5 Å². The number of amides is 2. The first-order valence-corrected chi connectivity index (χ1v) is 12.4. The minimum Gasteiger partial charge on any atom is -0.486 e. The molecule has 9 heteroatoms. The van der Waals surface area contributed by atoms with Crippen LogP contribution in [-0.2, 0) is 6.54 Å². The molecule has 2 aromatic carbocycles. The second-order valence-electron chi connectivity index (χ2n) is 9.53. The van der Waals surface area contributed by atoms with Crippen molar-refractivity contribution in [2.75, 3.05) is 32.1 Å². The third-order valence-corrected chi connectivity index (χ3v) is 6.52. The summed E-state index contributed by atoms with van der Waals surface area (Å²) in [6.07, 6.45) is 4.02. The van der Waals surface area contributed by atoms with Gasteiger partial charge in [0.25, 0.3) is 11.8 Å². The molecule has 9 nitrogen and oxygen atoms in total. The normalized spacial score (nSPS) is 18.4. The summed E-state index contributed by atoms with van der Waals surface area (Å²) in [7, 11) is 2.03. The first kappa shape index (κ1) is 26.2. The summed E-state index contributed by atoms with van der Waals surface area (Å²) in [6, 6.07) is 14.9. The van der Waals surface area contributed by atoms with Crippen LogP contribution in [0.3, 0.4) is 0 Å². The predicted octanol–water partition coefficient (Wildman–Crippen LogP) is 3.08. The number of aromatic nitrogens is 2. The highest BCUT2D eigenvalue weighted by molar-refractivity contribution is 6.06. The van der Waals surface area contributed by atoms with Gasteiger partial charge in [0, 0.05) is 37.9 Å². The molecule has 0 unspecified atom stereocenters. The number of benzene rings is 2. The Morgan fingerprint density at radius 3 is 2.70 bits per heavy atom. The molecule has 1 aliphatic rings.